The first-order valence-electron chi connectivity index (χ1n) is 6.67. The van der Waals surface area contributed by atoms with Crippen molar-refractivity contribution in [3.05, 3.63) is 35.4 Å². The lowest BCUT2D eigenvalue weighted by atomic mass is 9.94. The monoisotopic (exact) mass is 298 g/mol. The van der Waals surface area contributed by atoms with E-state index in [0.717, 1.165) is 6.42 Å². The van der Waals surface area contributed by atoms with E-state index in [-0.39, 0.29) is 24.5 Å². The van der Waals surface area contributed by atoms with Gasteiger partial charge in [0.2, 0.25) is 0 Å². The maximum atomic E-state index is 12.2. The second kappa shape index (κ2) is 6.46. The van der Waals surface area contributed by atoms with E-state index in [1.54, 1.807) is 4.90 Å². The van der Waals surface area contributed by atoms with Crippen LogP contribution in [0.5, 0.6) is 0 Å². The molecule has 20 heavy (non-hydrogen) atoms. The number of rotatable bonds is 1. The van der Waals surface area contributed by atoms with Crippen molar-refractivity contribution in [1.82, 2.24) is 4.90 Å². The van der Waals surface area contributed by atoms with Crippen LogP contribution in [0.15, 0.2) is 24.3 Å². The van der Waals surface area contributed by atoms with Gasteiger partial charge in [-0.3, -0.25) is 4.90 Å². The Morgan fingerprint density at radius 1 is 1.35 bits per heavy atom. The number of hydrogen-bond donors (Lipinski definition) is 1. The molecule has 1 aliphatic heterocycles. The minimum atomic E-state index is -0.479. The van der Waals surface area contributed by atoms with Crippen LogP contribution >= 0.6 is 12.4 Å². The summed E-state index contributed by atoms with van der Waals surface area (Å²) in [6.45, 7) is 6.65. The Labute approximate surface area is 126 Å². The lowest BCUT2D eigenvalue weighted by Gasteiger charge is -2.37. The molecule has 0 radical (unpaired) electrons. The average Bonchev–Trinajstić information content (AvgIpc) is 2.35. The van der Waals surface area contributed by atoms with Gasteiger partial charge >= 0.3 is 6.09 Å². The maximum absolute atomic E-state index is 12.2. The average molecular weight is 299 g/mol. The van der Waals surface area contributed by atoms with Crippen molar-refractivity contribution in [3.8, 4) is 0 Å². The maximum Gasteiger partial charge on any atom is 0.410 e. The van der Waals surface area contributed by atoms with Crippen LogP contribution in [-0.4, -0.2) is 29.2 Å². The summed E-state index contributed by atoms with van der Waals surface area (Å²) < 4.78 is 5.46. The van der Waals surface area contributed by atoms with Gasteiger partial charge in [-0.1, -0.05) is 24.3 Å². The van der Waals surface area contributed by atoms with Gasteiger partial charge in [-0.2, -0.15) is 0 Å². The largest absolute Gasteiger partial charge is 0.444 e. The summed E-state index contributed by atoms with van der Waals surface area (Å²) in [4.78, 5) is 14.0. The fraction of sp³-hybridized carbons (Fsp3) is 0.533. The van der Waals surface area contributed by atoms with Crippen molar-refractivity contribution >= 4 is 18.5 Å². The summed E-state index contributed by atoms with van der Waals surface area (Å²) in [5, 5.41) is 0. The summed E-state index contributed by atoms with van der Waals surface area (Å²) in [5.74, 6) is 0. The van der Waals surface area contributed by atoms with Crippen LogP contribution < -0.4 is 5.73 Å². The minimum Gasteiger partial charge on any atom is -0.444 e. The molecule has 0 spiro atoms. The van der Waals surface area contributed by atoms with Gasteiger partial charge < -0.3 is 10.5 Å². The minimum absolute atomic E-state index is 0. The molecular weight excluding hydrogens is 276 g/mol. The molecule has 0 saturated heterocycles. The van der Waals surface area contributed by atoms with Crippen molar-refractivity contribution in [3.63, 3.8) is 0 Å². The molecule has 0 fully saturated rings. The third-order valence-electron chi connectivity index (χ3n) is 3.26. The number of carbonyl (C=O) groups is 1. The predicted molar refractivity (Wildman–Crippen MR) is 82.0 cm³/mol. The first kappa shape index (κ1) is 16.8. The number of ether oxygens (including phenoxy) is 1. The second-order valence-corrected chi connectivity index (χ2v) is 5.97. The molecule has 1 amide bonds. The lowest BCUT2D eigenvalue weighted by Crippen LogP contribution is -2.49. The molecular formula is C15H23ClN2O2. The van der Waals surface area contributed by atoms with Crippen molar-refractivity contribution in [2.75, 3.05) is 6.54 Å². The van der Waals surface area contributed by atoms with E-state index >= 15 is 0 Å². The number of nitrogens with zero attached hydrogens (tertiary/aromatic N) is 1. The first-order valence-corrected chi connectivity index (χ1v) is 6.67. The summed E-state index contributed by atoms with van der Waals surface area (Å²) in [6, 6.07) is 8.19. The third kappa shape index (κ3) is 3.87. The number of nitrogens with two attached hydrogens (primary N) is 1. The van der Waals surface area contributed by atoms with E-state index in [0.29, 0.717) is 13.1 Å². The molecule has 4 nitrogen and oxygen atoms in total. The van der Waals surface area contributed by atoms with Crippen molar-refractivity contribution in [2.24, 2.45) is 5.73 Å². The molecule has 1 unspecified atom stereocenters. The van der Waals surface area contributed by atoms with Gasteiger partial charge in [0, 0.05) is 13.1 Å². The van der Waals surface area contributed by atoms with Gasteiger partial charge in [-0.05, 0) is 38.3 Å². The molecule has 112 valence electrons. The number of carbonyl (C=O) groups excluding carboxylic acids is 1. The van der Waals surface area contributed by atoms with Gasteiger partial charge in [0.1, 0.15) is 5.60 Å². The highest BCUT2D eigenvalue weighted by Gasteiger charge is 2.31. The summed E-state index contributed by atoms with van der Waals surface area (Å²) in [7, 11) is 0. The van der Waals surface area contributed by atoms with E-state index in [4.69, 9.17) is 10.5 Å². The lowest BCUT2D eigenvalue weighted by molar-refractivity contribution is 0.0128. The Bertz CT molecular complexity index is 471. The number of benzene rings is 1. The van der Waals surface area contributed by atoms with Gasteiger partial charge in [0.15, 0.2) is 0 Å². The van der Waals surface area contributed by atoms with Gasteiger partial charge in [0.25, 0.3) is 0 Å². The molecule has 5 heteroatoms. The molecule has 0 saturated carbocycles. The first-order chi connectivity index (χ1) is 8.90. The number of amides is 1. The fourth-order valence-corrected chi connectivity index (χ4v) is 2.33. The Balaban J connectivity index is 0.00000200. The summed E-state index contributed by atoms with van der Waals surface area (Å²) in [5.41, 5.74) is 7.78. The predicted octanol–water partition coefficient (Wildman–Crippen LogP) is 2.73. The molecule has 1 atom stereocenters. The molecule has 1 heterocycles. The highest BCUT2D eigenvalue weighted by molar-refractivity contribution is 5.85. The molecule has 0 bridgehead atoms. The highest BCUT2D eigenvalue weighted by atomic mass is 35.5. The number of halogens is 1. The Kier molecular flexibility index (Phi) is 5.42. The quantitative estimate of drug-likeness (QED) is 0.867. The number of hydrogen-bond acceptors (Lipinski definition) is 3. The van der Waals surface area contributed by atoms with Crippen LogP contribution in [-0.2, 0) is 17.7 Å². The molecule has 0 aromatic heterocycles. The SMILES string of the molecule is CC(C)(C)OC(=O)N1Cc2ccccc2CC1CN.Cl. The van der Waals surface area contributed by atoms with Gasteiger partial charge in [-0.25, -0.2) is 4.79 Å². The fourth-order valence-electron chi connectivity index (χ4n) is 2.33. The van der Waals surface area contributed by atoms with Crippen LogP contribution in [0.2, 0.25) is 0 Å². The second-order valence-electron chi connectivity index (χ2n) is 5.97. The van der Waals surface area contributed by atoms with Crippen molar-refractivity contribution in [2.45, 2.75) is 45.4 Å². The highest BCUT2D eigenvalue weighted by Crippen LogP contribution is 2.24. The molecule has 2 rings (SSSR count). The molecule has 1 aromatic rings. The van der Waals surface area contributed by atoms with E-state index < -0.39 is 5.60 Å². The van der Waals surface area contributed by atoms with E-state index in [2.05, 4.69) is 12.1 Å². The zero-order chi connectivity index (χ0) is 14.0. The van der Waals surface area contributed by atoms with Crippen molar-refractivity contribution in [1.29, 1.82) is 0 Å². The summed E-state index contributed by atoms with van der Waals surface area (Å²) in [6.07, 6.45) is 0.517. The van der Waals surface area contributed by atoms with Crippen LogP contribution in [0, 0.1) is 0 Å². The van der Waals surface area contributed by atoms with E-state index in [1.165, 1.54) is 11.1 Å². The van der Waals surface area contributed by atoms with Crippen LogP contribution in [0.4, 0.5) is 4.79 Å². The van der Waals surface area contributed by atoms with Crippen LogP contribution in [0.3, 0.4) is 0 Å². The molecule has 1 aromatic carbocycles. The Hall–Kier alpha value is -1.26. The standard InChI is InChI=1S/C15H22N2O2.ClH/c1-15(2,3)19-14(18)17-10-12-7-5-4-6-11(12)8-13(17)9-16;/h4-7,13H,8-10,16H2,1-3H3;1H. The topological polar surface area (TPSA) is 55.6 Å². The Morgan fingerprint density at radius 2 is 1.95 bits per heavy atom. The molecule has 2 N–H and O–H groups in total. The Morgan fingerprint density at radius 3 is 2.50 bits per heavy atom. The van der Waals surface area contributed by atoms with Gasteiger partial charge in [-0.15, -0.1) is 12.4 Å². The molecule has 0 aliphatic carbocycles. The normalized spacial score (nSPS) is 18.0. The van der Waals surface area contributed by atoms with E-state index in [9.17, 15) is 4.79 Å². The van der Waals surface area contributed by atoms with Crippen LogP contribution in [0.1, 0.15) is 31.9 Å². The zero-order valence-electron chi connectivity index (χ0n) is 12.3. The third-order valence-corrected chi connectivity index (χ3v) is 3.26. The van der Waals surface area contributed by atoms with Crippen molar-refractivity contribution < 1.29 is 9.53 Å². The smallest absolute Gasteiger partial charge is 0.410 e. The zero-order valence-corrected chi connectivity index (χ0v) is 13.1. The summed E-state index contributed by atoms with van der Waals surface area (Å²) >= 11 is 0. The number of fused-ring (bicyclic) bond motifs is 1. The van der Waals surface area contributed by atoms with Crippen LogP contribution in [0.25, 0.3) is 0 Å². The molecule has 1 aliphatic rings. The van der Waals surface area contributed by atoms with E-state index in [1.807, 2.05) is 32.9 Å². The van der Waals surface area contributed by atoms with Gasteiger partial charge in [0.05, 0.1) is 6.04 Å².